The first-order chi connectivity index (χ1) is 3.35. The largest absolute Gasteiger partial charge is 0.392 e. The molecule has 0 unspecified atom stereocenters. The predicted octanol–water partition coefficient (Wildman–Crippen LogP) is -0.685. The molecule has 5 heteroatoms. The first kappa shape index (κ1) is 11.8. The van der Waals surface area contributed by atoms with Crippen molar-refractivity contribution in [1.29, 1.82) is 0 Å². The maximum Gasteiger partial charge on any atom is 0.0668 e. The second-order valence-electron chi connectivity index (χ2n) is 1.10. The minimum absolute atomic E-state index is 0. The van der Waals surface area contributed by atoms with E-state index in [1.54, 1.807) is 0 Å². The summed E-state index contributed by atoms with van der Waals surface area (Å²) in [6, 6.07) is 0. The van der Waals surface area contributed by atoms with Crippen LogP contribution in [-0.4, -0.2) is 34.4 Å². The standard InChI is InChI=1S/C3H9O3P.Au/c4-1-7(2-5)3-6;/h4-6H,1-3H2;. The van der Waals surface area contributed by atoms with E-state index in [0.717, 1.165) is 0 Å². The van der Waals surface area contributed by atoms with Gasteiger partial charge in [0.2, 0.25) is 0 Å². The van der Waals surface area contributed by atoms with Crippen molar-refractivity contribution in [3.05, 3.63) is 0 Å². The topological polar surface area (TPSA) is 60.7 Å². The molecule has 0 saturated heterocycles. The van der Waals surface area contributed by atoms with Crippen LogP contribution in [0.3, 0.4) is 0 Å². The van der Waals surface area contributed by atoms with Crippen molar-refractivity contribution in [2.24, 2.45) is 0 Å². The van der Waals surface area contributed by atoms with Crippen molar-refractivity contribution in [3.8, 4) is 0 Å². The first-order valence-electron chi connectivity index (χ1n) is 1.90. The Kier molecular flexibility index (Phi) is 11.9. The van der Waals surface area contributed by atoms with Crippen LogP contribution in [0, 0.1) is 0 Å². The van der Waals surface area contributed by atoms with E-state index in [4.69, 9.17) is 15.3 Å². The molecule has 0 atom stereocenters. The third kappa shape index (κ3) is 5.19. The van der Waals surface area contributed by atoms with E-state index in [-0.39, 0.29) is 41.4 Å². The Balaban J connectivity index is 0. The van der Waals surface area contributed by atoms with Gasteiger partial charge < -0.3 is 15.3 Å². The van der Waals surface area contributed by atoms with Gasteiger partial charge in [-0.25, -0.2) is 0 Å². The maximum absolute atomic E-state index is 8.23. The fourth-order valence-corrected chi connectivity index (χ4v) is 0.402. The molecule has 3 nitrogen and oxygen atoms in total. The Hall–Kier alpha value is 1.05. The summed E-state index contributed by atoms with van der Waals surface area (Å²) in [6.07, 6.45) is -0.243. The molecular weight excluding hydrogens is 312 g/mol. The van der Waals surface area contributed by atoms with E-state index < -0.39 is 7.92 Å². The molecule has 0 spiro atoms. The number of hydrogen-bond acceptors (Lipinski definition) is 3. The van der Waals surface area contributed by atoms with Crippen molar-refractivity contribution in [2.75, 3.05) is 19.0 Å². The SMILES string of the molecule is OCP(CO)CO.[Au]. The fraction of sp³-hybridized carbons (Fsp3) is 1.00. The number of rotatable bonds is 3. The van der Waals surface area contributed by atoms with Gasteiger partial charge in [0.15, 0.2) is 0 Å². The molecule has 0 saturated carbocycles. The molecule has 1 radical (unpaired) electrons. The van der Waals surface area contributed by atoms with Crippen LogP contribution in [0.25, 0.3) is 0 Å². The van der Waals surface area contributed by atoms with Crippen molar-refractivity contribution >= 4 is 7.92 Å². The van der Waals surface area contributed by atoms with Gasteiger partial charge in [0, 0.05) is 22.4 Å². The maximum atomic E-state index is 8.23. The van der Waals surface area contributed by atoms with Gasteiger partial charge >= 0.3 is 0 Å². The second kappa shape index (κ2) is 8.05. The third-order valence-electron chi connectivity index (χ3n) is 0.600. The zero-order valence-corrected chi connectivity index (χ0v) is 7.27. The van der Waals surface area contributed by atoms with Crippen molar-refractivity contribution in [3.63, 3.8) is 0 Å². The summed E-state index contributed by atoms with van der Waals surface area (Å²) in [5.41, 5.74) is 0. The third-order valence-corrected chi connectivity index (χ3v) is 1.80. The summed E-state index contributed by atoms with van der Waals surface area (Å²) >= 11 is 0. The zero-order chi connectivity index (χ0) is 5.70. The molecule has 0 heterocycles. The Bertz CT molecular complexity index is 36.0. The smallest absolute Gasteiger partial charge is 0.0668 e. The van der Waals surface area contributed by atoms with Gasteiger partial charge in [-0.3, -0.25) is 0 Å². The fourth-order valence-electron chi connectivity index (χ4n) is 0.134. The predicted molar refractivity (Wildman–Crippen MR) is 28.2 cm³/mol. The number of aliphatic hydroxyl groups excluding tert-OH is 3. The van der Waals surface area contributed by atoms with E-state index in [2.05, 4.69) is 0 Å². The van der Waals surface area contributed by atoms with Crippen LogP contribution in [0.1, 0.15) is 0 Å². The molecule has 0 aromatic heterocycles. The monoisotopic (exact) mass is 321 g/mol. The summed E-state index contributed by atoms with van der Waals surface area (Å²) in [4.78, 5) is 0. The van der Waals surface area contributed by atoms with Crippen molar-refractivity contribution in [2.45, 2.75) is 0 Å². The molecule has 0 rings (SSSR count). The van der Waals surface area contributed by atoms with Crippen LogP contribution >= 0.6 is 7.92 Å². The number of aliphatic hydroxyl groups is 3. The minimum Gasteiger partial charge on any atom is -0.392 e. The van der Waals surface area contributed by atoms with E-state index in [9.17, 15) is 0 Å². The summed E-state index contributed by atoms with van der Waals surface area (Å²) in [5, 5.41) is 24.7. The summed E-state index contributed by atoms with van der Waals surface area (Å²) in [5.74, 6) is 0. The molecule has 0 aliphatic carbocycles. The molecule has 0 amide bonds. The Morgan fingerprint density at radius 2 is 1.12 bits per heavy atom. The van der Waals surface area contributed by atoms with Gasteiger partial charge in [-0.1, -0.05) is 0 Å². The first-order valence-corrected chi connectivity index (χ1v) is 3.79. The van der Waals surface area contributed by atoms with Crippen LogP contribution in [0.5, 0.6) is 0 Å². The normalized spacial score (nSPS) is 9.00. The Morgan fingerprint density at radius 1 is 0.875 bits per heavy atom. The molecule has 55 valence electrons. The molecule has 8 heavy (non-hydrogen) atoms. The van der Waals surface area contributed by atoms with Gasteiger partial charge in [-0.15, -0.1) is 0 Å². The van der Waals surface area contributed by atoms with Crippen molar-refractivity contribution < 1.29 is 37.7 Å². The quantitative estimate of drug-likeness (QED) is 0.477. The van der Waals surface area contributed by atoms with Gasteiger partial charge in [-0.2, -0.15) is 0 Å². The van der Waals surface area contributed by atoms with E-state index in [1.165, 1.54) is 0 Å². The molecular formula is C3H9AuO3P. The van der Waals surface area contributed by atoms with Crippen LogP contribution in [0.4, 0.5) is 0 Å². The van der Waals surface area contributed by atoms with E-state index in [0.29, 0.717) is 0 Å². The van der Waals surface area contributed by atoms with Crippen LogP contribution in [0.15, 0.2) is 0 Å². The van der Waals surface area contributed by atoms with E-state index >= 15 is 0 Å². The van der Waals surface area contributed by atoms with Gasteiger partial charge in [0.05, 0.1) is 19.0 Å². The minimum atomic E-state index is -0.887. The summed E-state index contributed by atoms with van der Waals surface area (Å²) in [6.45, 7) is 0. The van der Waals surface area contributed by atoms with Gasteiger partial charge in [0.1, 0.15) is 0 Å². The molecule has 0 aromatic rings. The molecule has 0 bridgehead atoms. The Morgan fingerprint density at radius 3 is 1.12 bits per heavy atom. The van der Waals surface area contributed by atoms with Crippen molar-refractivity contribution in [1.82, 2.24) is 0 Å². The van der Waals surface area contributed by atoms with Gasteiger partial charge in [-0.05, 0) is 7.92 Å². The average Bonchev–Trinajstić information content (AvgIpc) is 1.72. The average molecular weight is 321 g/mol. The Labute approximate surface area is 65.0 Å². The number of hydrogen-bond donors (Lipinski definition) is 3. The second-order valence-corrected chi connectivity index (χ2v) is 3.29. The van der Waals surface area contributed by atoms with Gasteiger partial charge in [0.25, 0.3) is 0 Å². The zero-order valence-electron chi connectivity index (χ0n) is 4.21. The van der Waals surface area contributed by atoms with E-state index in [1.807, 2.05) is 0 Å². The summed E-state index contributed by atoms with van der Waals surface area (Å²) in [7, 11) is -0.887. The molecule has 3 N–H and O–H groups in total. The molecule has 0 aliphatic heterocycles. The molecule has 0 fully saturated rings. The molecule has 0 aliphatic rings. The van der Waals surface area contributed by atoms with Crippen LogP contribution in [-0.2, 0) is 22.4 Å². The molecule has 0 aromatic carbocycles. The van der Waals surface area contributed by atoms with Crippen LogP contribution in [0.2, 0.25) is 0 Å². The summed E-state index contributed by atoms with van der Waals surface area (Å²) < 4.78 is 0. The van der Waals surface area contributed by atoms with Crippen LogP contribution < -0.4 is 0 Å².